The molecule has 0 bridgehead atoms. The van der Waals surface area contributed by atoms with Crippen LogP contribution in [0, 0.1) is 6.92 Å². The summed E-state index contributed by atoms with van der Waals surface area (Å²) >= 11 is 7.23. The van der Waals surface area contributed by atoms with Crippen LogP contribution in [0.5, 0.6) is 0 Å². The molecule has 8 heteroatoms. The number of benzene rings is 3. The van der Waals surface area contributed by atoms with Gasteiger partial charge in [0.15, 0.2) is 10.9 Å². The molecule has 0 atom stereocenters. The first kappa shape index (κ1) is 25.7. The van der Waals surface area contributed by atoms with Crippen LogP contribution in [0.2, 0.25) is 5.02 Å². The van der Waals surface area contributed by atoms with Crippen LogP contribution < -0.4 is 10.9 Å². The van der Waals surface area contributed by atoms with Crippen molar-refractivity contribution in [2.24, 2.45) is 0 Å². The van der Waals surface area contributed by atoms with Crippen molar-refractivity contribution in [2.45, 2.75) is 38.5 Å². The number of amides is 1. The SMILES string of the molecule is Cc1ccc(Cn2c(SCC(=O)c3cccc(Cl)c3)nc3cc(C(=O)NC(C)C)ccc3c2=O)cc1. The Bertz CT molecular complexity index is 1500. The minimum absolute atomic E-state index is 0.0210. The molecule has 3 aromatic carbocycles. The number of nitrogens with zero attached hydrogens (tertiary/aromatic N) is 2. The largest absolute Gasteiger partial charge is 0.350 e. The number of carbonyl (C=O) groups is 2. The lowest BCUT2D eigenvalue weighted by atomic mass is 10.1. The van der Waals surface area contributed by atoms with Gasteiger partial charge in [0.25, 0.3) is 11.5 Å². The highest BCUT2D eigenvalue weighted by molar-refractivity contribution is 7.99. The molecular formula is C28H26ClN3O3S. The standard InChI is InChI=1S/C28H26ClN3O3S/c1-17(2)30-26(34)21-11-12-23-24(14-21)31-28(36-16-25(33)20-5-4-6-22(29)13-20)32(27(23)35)15-19-9-7-18(3)8-10-19/h4-14,17H,15-16H2,1-3H3,(H,30,34). The zero-order valence-corrected chi connectivity index (χ0v) is 21.8. The zero-order valence-electron chi connectivity index (χ0n) is 20.2. The quantitative estimate of drug-likeness (QED) is 0.188. The number of rotatable bonds is 8. The van der Waals surface area contributed by atoms with Crippen molar-refractivity contribution in [1.82, 2.24) is 14.9 Å². The third-order valence-corrected chi connectivity index (χ3v) is 6.75. The van der Waals surface area contributed by atoms with Gasteiger partial charge >= 0.3 is 0 Å². The van der Waals surface area contributed by atoms with Gasteiger partial charge in [0.05, 0.1) is 23.2 Å². The number of nitrogens with one attached hydrogen (secondary N) is 1. The molecule has 0 saturated carbocycles. The van der Waals surface area contributed by atoms with E-state index in [1.54, 1.807) is 47.0 Å². The molecule has 36 heavy (non-hydrogen) atoms. The van der Waals surface area contributed by atoms with Crippen LogP contribution in [0.15, 0.2) is 76.7 Å². The second-order valence-electron chi connectivity index (χ2n) is 8.85. The van der Waals surface area contributed by atoms with Crippen LogP contribution in [-0.2, 0) is 6.54 Å². The average Bonchev–Trinajstić information content (AvgIpc) is 2.85. The number of hydrogen-bond donors (Lipinski definition) is 1. The van der Waals surface area contributed by atoms with Crippen LogP contribution in [0.3, 0.4) is 0 Å². The molecule has 0 fully saturated rings. The predicted molar refractivity (Wildman–Crippen MR) is 145 cm³/mol. The van der Waals surface area contributed by atoms with Crippen LogP contribution >= 0.6 is 23.4 Å². The highest BCUT2D eigenvalue weighted by Gasteiger charge is 2.17. The maximum Gasteiger partial charge on any atom is 0.262 e. The van der Waals surface area contributed by atoms with Crippen LogP contribution in [-0.4, -0.2) is 33.0 Å². The lowest BCUT2D eigenvalue weighted by Crippen LogP contribution is -2.30. The number of hydrogen-bond acceptors (Lipinski definition) is 5. The van der Waals surface area contributed by atoms with E-state index in [0.717, 1.165) is 11.1 Å². The van der Waals surface area contributed by atoms with Crippen LogP contribution in [0.4, 0.5) is 0 Å². The molecule has 6 nitrogen and oxygen atoms in total. The number of fused-ring (bicyclic) bond motifs is 1. The van der Waals surface area contributed by atoms with Crippen molar-refractivity contribution in [3.63, 3.8) is 0 Å². The summed E-state index contributed by atoms with van der Waals surface area (Å²) in [5.41, 5.74) is 3.17. The summed E-state index contributed by atoms with van der Waals surface area (Å²) in [6, 6.07) is 19.6. The summed E-state index contributed by atoms with van der Waals surface area (Å²) in [7, 11) is 0. The van der Waals surface area contributed by atoms with Crippen LogP contribution in [0.1, 0.15) is 45.7 Å². The number of ketones is 1. The van der Waals surface area contributed by atoms with Gasteiger partial charge in [-0.3, -0.25) is 19.0 Å². The van der Waals surface area contributed by atoms with E-state index < -0.39 is 0 Å². The number of aromatic nitrogens is 2. The number of Topliss-reactive ketones (excluding diaryl/α,β-unsaturated/α-hetero) is 1. The summed E-state index contributed by atoms with van der Waals surface area (Å²) in [6.07, 6.45) is 0. The van der Waals surface area contributed by atoms with Gasteiger partial charge in [0.1, 0.15) is 0 Å². The van der Waals surface area contributed by atoms with Crippen molar-refractivity contribution < 1.29 is 9.59 Å². The molecule has 1 aromatic heterocycles. The van der Waals surface area contributed by atoms with Gasteiger partial charge in [-0.15, -0.1) is 0 Å². The van der Waals surface area contributed by atoms with Crippen molar-refractivity contribution in [3.05, 3.63) is 104 Å². The lowest BCUT2D eigenvalue weighted by Gasteiger charge is -2.14. The molecular weight excluding hydrogens is 494 g/mol. The fourth-order valence-electron chi connectivity index (χ4n) is 3.69. The summed E-state index contributed by atoms with van der Waals surface area (Å²) < 4.78 is 1.58. The van der Waals surface area contributed by atoms with Crippen molar-refractivity contribution in [3.8, 4) is 0 Å². The second kappa shape index (κ2) is 11.1. The number of halogens is 1. The van der Waals surface area contributed by atoms with Gasteiger partial charge in [0, 0.05) is 22.2 Å². The average molecular weight is 520 g/mol. The van der Waals surface area contributed by atoms with E-state index in [4.69, 9.17) is 16.6 Å². The van der Waals surface area contributed by atoms with Crippen molar-refractivity contribution in [1.29, 1.82) is 0 Å². The zero-order chi connectivity index (χ0) is 25.8. The third kappa shape index (κ3) is 6.04. The second-order valence-corrected chi connectivity index (χ2v) is 10.2. The van der Waals surface area contributed by atoms with E-state index in [0.29, 0.717) is 38.8 Å². The van der Waals surface area contributed by atoms with E-state index in [2.05, 4.69) is 5.32 Å². The number of aryl methyl sites for hydroxylation is 1. The molecule has 0 radical (unpaired) electrons. The van der Waals surface area contributed by atoms with Gasteiger partial charge < -0.3 is 5.32 Å². The van der Waals surface area contributed by atoms with E-state index in [1.807, 2.05) is 45.0 Å². The van der Waals surface area contributed by atoms with Crippen molar-refractivity contribution >= 4 is 46.0 Å². The maximum atomic E-state index is 13.5. The maximum absolute atomic E-state index is 13.5. The number of carbonyl (C=O) groups excluding carboxylic acids is 2. The van der Waals surface area contributed by atoms with Gasteiger partial charge in [0.2, 0.25) is 0 Å². The molecule has 1 N–H and O–H groups in total. The third-order valence-electron chi connectivity index (χ3n) is 5.54. The lowest BCUT2D eigenvalue weighted by molar-refractivity contribution is 0.0942. The summed E-state index contributed by atoms with van der Waals surface area (Å²) in [5, 5.41) is 4.16. The summed E-state index contributed by atoms with van der Waals surface area (Å²) in [5.74, 6) is -0.272. The molecule has 184 valence electrons. The Balaban J connectivity index is 1.73. The number of thioether (sulfide) groups is 1. The molecule has 0 spiro atoms. The minimum atomic E-state index is -0.233. The van der Waals surface area contributed by atoms with E-state index >= 15 is 0 Å². The van der Waals surface area contributed by atoms with Gasteiger partial charge in [-0.05, 0) is 56.7 Å². The van der Waals surface area contributed by atoms with E-state index in [9.17, 15) is 14.4 Å². The summed E-state index contributed by atoms with van der Waals surface area (Å²) in [6.45, 7) is 6.08. The molecule has 4 aromatic rings. The van der Waals surface area contributed by atoms with E-state index in [-0.39, 0.29) is 29.0 Å². The van der Waals surface area contributed by atoms with E-state index in [1.165, 1.54) is 11.8 Å². The molecule has 1 heterocycles. The van der Waals surface area contributed by atoms with Crippen molar-refractivity contribution in [2.75, 3.05) is 5.75 Å². The Kier molecular flexibility index (Phi) is 7.91. The first-order valence-corrected chi connectivity index (χ1v) is 12.9. The highest BCUT2D eigenvalue weighted by atomic mass is 35.5. The predicted octanol–water partition coefficient (Wildman–Crippen LogP) is 5.52. The Labute approximate surface area is 218 Å². The molecule has 1 amide bonds. The Morgan fingerprint density at radius 1 is 1.03 bits per heavy atom. The van der Waals surface area contributed by atoms with Gasteiger partial charge in [-0.2, -0.15) is 0 Å². The highest BCUT2D eigenvalue weighted by Crippen LogP contribution is 2.22. The fraction of sp³-hybridized carbons (Fsp3) is 0.214. The normalized spacial score (nSPS) is 11.1. The van der Waals surface area contributed by atoms with Gasteiger partial charge in [-0.25, -0.2) is 4.98 Å². The first-order valence-electron chi connectivity index (χ1n) is 11.5. The molecule has 0 aliphatic heterocycles. The molecule has 0 saturated heterocycles. The molecule has 0 aliphatic rings. The molecule has 4 rings (SSSR count). The monoisotopic (exact) mass is 519 g/mol. The Hall–Kier alpha value is -3.42. The Morgan fingerprint density at radius 3 is 2.47 bits per heavy atom. The Morgan fingerprint density at radius 2 is 1.78 bits per heavy atom. The van der Waals surface area contributed by atoms with Gasteiger partial charge in [-0.1, -0.05) is 65.3 Å². The topological polar surface area (TPSA) is 81.1 Å². The van der Waals surface area contributed by atoms with Crippen LogP contribution in [0.25, 0.3) is 10.9 Å². The first-order chi connectivity index (χ1) is 17.2. The molecule has 0 aliphatic carbocycles. The minimum Gasteiger partial charge on any atom is -0.350 e. The molecule has 0 unspecified atom stereocenters. The summed E-state index contributed by atoms with van der Waals surface area (Å²) in [4.78, 5) is 43.6. The smallest absolute Gasteiger partial charge is 0.262 e. The fourth-order valence-corrected chi connectivity index (χ4v) is 4.77.